The zero-order valence-electron chi connectivity index (χ0n) is 44.9. The van der Waals surface area contributed by atoms with Gasteiger partial charge in [0.05, 0.1) is 5.69 Å². The maximum Gasteiger partial charge on any atom is 0.0702 e. The molecule has 2 nitrogen and oxygen atoms in total. The van der Waals surface area contributed by atoms with E-state index in [2.05, 4.69) is 137 Å². The van der Waals surface area contributed by atoms with Crippen LogP contribution in [0.25, 0.3) is 83.6 Å². The Labute approximate surface area is 451 Å². The van der Waals surface area contributed by atoms with E-state index in [1.54, 1.807) is 0 Å². The molecule has 0 saturated heterocycles. The topological polar surface area (TPSA) is 25.8 Å². The molecule has 0 aliphatic rings. The lowest BCUT2D eigenvalue weighted by molar-refractivity contribution is 0.544. The van der Waals surface area contributed by atoms with Crippen LogP contribution in [0, 0.1) is 13.8 Å². The van der Waals surface area contributed by atoms with Crippen LogP contribution in [-0.4, -0.2) is 9.97 Å². The number of unbranched alkanes of at least 4 members (excludes halogenated alkanes) is 22. The van der Waals surface area contributed by atoms with Gasteiger partial charge in [0, 0.05) is 74.5 Å². The lowest BCUT2D eigenvalue weighted by Crippen LogP contribution is -1.89. The number of pyridine rings is 2. The smallest absolute Gasteiger partial charge is 0.0702 e. The molecule has 0 bridgehead atoms. The fourth-order valence-electron chi connectivity index (χ4n) is 11.2. The van der Waals surface area contributed by atoms with Crippen molar-refractivity contribution in [3.05, 3.63) is 132 Å². The van der Waals surface area contributed by atoms with Crippen LogP contribution in [0.3, 0.4) is 0 Å². The average Bonchev–Trinajstić information content (AvgIpc) is 4.15. The van der Waals surface area contributed by atoms with Crippen molar-refractivity contribution in [1.82, 2.24) is 9.97 Å². The van der Waals surface area contributed by atoms with Crippen molar-refractivity contribution >= 4 is 75.7 Å². The molecule has 9 rings (SSSR count). The quantitative estimate of drug-likeness (QED) is 0.0420. The Balaban J connectivity index is 0.916. The summed E-state index contributed by atoms with van der Waals surface area (Å²) in [7, 11) is 0. The van der Waals surface area contributed by atoms with Crippen LogP contribution < -0.4 is 0 Å². The summed E-state index contributed by atoms with van der Waals surface area (Å²) in [5.41, 5.74) is 10.0. The predicted octanol–water partition coefficient (Wildman–Crippen LogP) is 23.0. The lowest BCUT2D eigenvalue weighted by Gasteiger charge is -2.07. The van der Waals surface area contributed by atoms with Crippen molar-refractivity contribution in [3.63, 3.8) is 0 Å². The fourth-order valence-corrected chi connectivity index (χ4v) is 15.0. The summed E-state index contributed by atoms with van der Waals surface area (Å²) < 4.78 is 2.75. The molecule has 0 radical (unpaired) electrons. The van der Waals surface area contributed by atoms with Crippen LogP contribution in [-0.2, 0) is 12.8 Å². The number of benzene rings is 4. The molecule has 0 atom stereocenters. The third-order valence-corrected chi connectivity index (χ3v) is 19.5. The predicted molar refractivity (Wildman–Crippen MR) is 326 cm³/mol. The minimum atomic E-state index is 1.03. The molecule has 4 aromatic carbocycles. The second-order valence-electron chi connectivity index (χ2n) is 21.5. The lowest BCUT2D eigenvalue weighted by atomic mass is 10.00. The molecule has 0 saturated carbocycles. The van der Waals surface area contributed by atoms with Gasteiger partial charge in [0.25, 0.3) is 0 Å². The first-order valence-electron chi connectivity index (χ1n) is 28.9. The van der Waals surface area contributed by atoms with E-state index in [0.717, 1.165) is 24.2 Å². The highest BCUT2D eigenvalue weighted by molar-refractivity contribution is 7.27. The third kappa shape index (κ3) is 14.0. The highest BCUT2D eigenvalue weighted by Crippen LogP contribution is 2.46. The van der Waals surface area contributed by atoms with Crippen LogP contribution in [0.15, 0.2) is 109 Å². The normalized spacial score (nSPS) is 11.9. The molecule has 0 N–H and O–H groups in total. The van der Waals surface area contributed by atoms with Crippen molar-refractivity contribution < 1.29 is 0 Å². The Hall–Kier alpha value is -4.68. The summed E-state index contributed by atoms with van der Waals surface area (Å²) in [6, 6.07) is 37.2. The first-order chi connectivity index (χ1) is 36.0. The number of aromatic nitrogens is 2. The highest BCUT2D eigenvalue weighted by atomic mass is 32.1. The maximum atomic E-state index is 5.21. The molecule has 5 aromatic heterocycles. The van der Waals surface area contributed by atoms with Gasteiger partial charge in [0.15, 0.2) is 0 Å². The van der Waals surface area contributed by atoms with E-state index in [1.165, 1.54) is 249 Å². The van der Waals surface area contributed by atoms with E-state index in [9.17, 15) is 0 Å². The van der Waals surface area contributed by atoms with E-state index >= 15 is 0 Å². The first kappa shape index (κ1) is 53.2. The molecule has 382 valence electrons. The number of rotatable bonds is 30. The second kappa shape index (κ2) is 27.2. The zero-order valence-corrected chi connectivity index (χ0v) is 47.3. The molecule has 5 heterocycles. The van der Waals surface area contributed by atoms with Gasteiger partial charge in [-0.15, -0.1) is 34.0 Å². The summed E-state index contributed by atoms with van der Waals surface area (Å²) >= 11 is 5.90. The van der Waals surface area contributed by atoms with Gasteiger partial charge in [-0.25, -0.2) is 0 Å². The van der Waals surface area contributed by atoms with Gasteiger partial charge in [-0.2, -0.15) is 0 Å². The average molecular weight is 1020 g/mol. The minimum Gasteiger partial charge on any atom is -0.261 e. The molecule has 9 aromatic rings. The highest BCUT2D eigenvalue weighted by Gasteiger charge is 2.19. The summed E-state index contributed by atoms with van der Waals surface area (Å²) in [6.45, 7) is 8.89. The Kier molecular flexibility index (Phi) is 19.8. The van der Waals surface area contributed by atoms with Gasteiger partial charge >= 0.3 is 0 Å². The Bertz CT molecular complexity index is 3130. The van der Waals surface area contributed by atoms with Gasteiger partial charge in [-0.3, -0.25) is 9.97 Å². The van der Waals surface area contributed by atoms with Gasteiger partial charge in [0.1, 0.15) is 0 Å². The summed E-state index contributed by atoms with van der Waals surface area (Å²) in [5.74, 6) is 0. The van der Waals surface area contributed by atoms with Gasteiger partial charge < -0.3 is 0 Å². The van der Waals surface area contributed by atoms with E-state index in [1.807, 2.05) is 34.0 Å². The summed E-state index contributed by atoms with van der Waals surface area (Å²) in [6.07, 6.45) is 39.5. The molecule has 0 unspecified atom stereocenters. The second-order valence-corrected chi connectivity index (χ2v) is 24.6. The van der Waals surface area contributed by atoms with E-state index < -0.39 is 0 Å². The standard InChI is InChI=1S/C68H82N2S3/c1-5-7-9-11-13-15-17-19-21-23-25-27-29-54-45-63(71-65(54)56-33-32-50(4)69-47-56)64-46-55(30-28-26-24-22-20-18-16-14-12-10-8-6-2)66(72-64)57-37-42-62(70-48-57)53-36-39-59-52(44-53)35-41-61-60-40-34-51-43-49(3)31-38-58(51)67(60)73-68(59)61/h31-48H,5-30H2,1-4H3. The molecular weight excluding hydrogens is 941 g/mol. The summed E-state index contributed by atoms with van der Waals surface area (Å²) in [4.78, 5) is 15.6. The number of hydrogen-bond acceptors (Lipinski definition) is 5. The van der Waals surface area contributed by atoms with Crippen molar-refractivity contribution in [2.45, 2.75) is 195 Å². The summed E-state index contributed by atoms with van der Waals surface area (Å²) in [5, 5.41) is 7.96. The van der Waals surface area contributed by atoms with E-state index in [-0.39, 0.29) is 0 Å². The molecule has 0 amide bonds. The van der Waals surface area contributed by atoms with Crippen LogP contribution in [0.1, 0.15) is 190 Å². The number of hydrogen-bond donors (Lipinski definition) is 0. The van der Waals surface area contributed by atoms with Crippen molar-refractivity contribution in [3.8, 4) is 41.9 Å². The van der Waals surface area contributed by atoms with Crippen LogP contribution in [0.2, 0.25) is 0 Å². The van der Waals surface area contributed by atoms with E-state index in [4.69, 9.17) is 9.97 Å². The molecule has 0 fully saturated rings. The first-order valence-corrected chi connectivity index (χ1v) is 31.4. The Morgan fingerprint density at radius 2 is 0.781 bits per heavy atom. The van der Waals surface area contributed by atoms with Crippen LogP contribution in [0.4, 0.5) is 0 Å². The number of fused-ring (bicyclic) bond motifs is 7. The number of nitrogens with zero attached hydrogens (tertiary/aromatic N) is 2. The van der Waals surface area contributed by atoms with Gasteiger partial charge in [-0.05, 0) is 109 Å². The SMILES string of the molecule is CCCCCCCCCCCCCCc1cc(-c2cc(CCCCCCCCCCCCCC)c(-c3ccc(-c4ccc5c(ccc6c7ccc8cc(C)ccc8c7sc56)c4)nc3)s2)sc1-c1ccc(C)nc1. The molecule has 73 heavy (non-hydrogen) atoms. The largest absolute Gasteiger partial charge is 0.261 e. The molecule has 0 aliphatic heterocycles. The molecule has 5 heteroatoms. The zero-order chi connectivity index (χ0) is 50.2. The monoisotopic (exact) mass is 1020 g/mol. The van der Waals surface area contributed by atoms with Crippen LogP contribution in [0.5, 0.6) is 0 Å². The van der Waals surface area contributed by atoms with Crippen molar-refractivity contribution in [2.75, 3.05) is 0 Å². The number of aryl methyl sites for hydroxylation is 4. The molecule has 0 aliphatic carbocycles. The molecular formula is C68H82N2S3. The van der Waals surface area contributed by atoms with Crippen LogP contribution >= 0.6 is 34.0 Å². The Morgan fingerprint density at radius 3 is 1.25 bits per heavy atom. The maximum absolute atomic E-state index is 5.21. The fraction of sp³-hybridized carbons (Fsp3) is 0.441. The minimum absolute atomic E-state index is 1.03. The van der Waals surface area contributed by atoms with E-state index in [0.29, 0.717) is 0 Å². The van der Waals surface area contributed by atoms with Gasteiger partial charge in [-0.1, -0.05) is 221 Å². The van der Waals surface area contributed by atoms with Crippen molar-refractivity contribution in [1.29, 1.82) is 0 Å². The molecule has 0 spiro atoms. The third-order valence-electron chi connectivity index (χ3n) is 15.5. The van der Waals surface area contributed by atoms with Crippen molar-refractivity contribution in [2.24, 2.45) is 0 Å². The van der Waals surface area contributed by atoms with Gasteiger partial charge in [0.2, 0.25) is 0 Å². The number of thiophene rings is 3. The Morgan fingerprint density at radius 1 is 0.356 bits per heavy atom.